The molecule has 0 bridgehead atoms. The molecule has 6 nitrogen and oxygen atoms in total. The monoisotopic (exact) mass is 386 g/mol. The summed E-state index contributed by atoms with van der Waals surface area (Å²) in [5.41, 5.74) is 0.981. The molecule has 0 unspecified atom stereocenters. The Kier molecular flexibility index (Phi) is 5.71. The van der Waals surface area contributed by atoms with Gasteiger partial charge in [-0.2, -0.15) is 0 Å². The number of aryl methyl sites for hydroxylation is 1. The Labute approximate surface area is 165 Å². The SMILES string of the molecule is Cc1ccc([C@@H]2[C@H](c3ccccn3)NC(=S)N2CCCN2CCOCC2)o1. The normalized spacial score (nSPS) is 23.6. The Hall–Kier alpha value is -1.96. The molecule has 4 rings (SSSR count). The van der Waals surface area contributed by atoms with Crippen molar-refractivity contribution < 1.29 is 9.15 Å². The van der Waals surface area contributed by atoms with E-state index in [1.807, 2.05) is 37.4 Å². The Morgan fingerprint density at radius 1 is 1.19 bits per heavy atom. The molecule has 0 radical (unpaired) electrons. The van der Waals surface area contributed by atoms with Crippen LogP contribution in [0.2, 0.25) is 0 Å². The molecule has 2 aliphatic rings. The van der Waals surface area contributed by atoms with E-state index >= 15 is 0 Å². The van der Waals surface area contributed by atoms with Gasteiger partial charge in [-0.05, 0) is 49.8 Å². The van der Waals surface area contributed by atoms with Crippen molar-refractivity contribution in [1.82, 2.24) is 20.1 Å². The highest BCUT2D eigenvalue weighted by molar-refractivity contribution is 7.80. The van der Waals surface area contributed by atoms with E-state index in [-0.39, 0.29) is 12.1 Å². The molecule has 0 spiro atoms. The third kappa shape index (κ3) is 4.15. The second kappa shape index (κ2) is 8.37. The minimum atomic E-state index is -0.00682. The van der Waals surface area contributed by atoms with Crippen molar-refractivity contribution in [1.29, 1.82) is 0 Å². The average molecular weight is 387 g/mol. The number of thiocarbonyl (C=S) groups is 1. The molecule has 2 atom stereocenters. The van der Waals surface area contributed by atoms with Gasteiger partial charge in [0.25, 0.3) is 0 Å². The molecular weight excluding hydrogens is 360 g/mol. The quantitative estimate of drug-likeness (QED) is 0.766. The Balaban J connectivity index is 1.50. The van der Waals surface area contributed by atoms with Gasteiger partial charge < -0.3 is 19.4 Å². The zero-order chi connectivity index (χ0) is 18.6. The van der Waals surface area contributed by atoms with Crippen molar-refractivity contribution in [3.05, 3.63) is 53.7 Å². The summed E-state index contributed by atoms with van der Waals surface area (Å²) < 4.78 is 11.4. The first-order valence-corrected chi connectivity index (χ1v) is 9.98. The molecular formula is C20H26N4O2S. The maximum atomic E-state index is 6.00. The van der Waals surface area contributed by atoms with E-state index in [9.17, 15) is 0 Å². The van der Waals surface area contributed by atoms with Gasteiger partial charge in [-0.3, -0.25) is 9.88 Å². The molecule has 27 heavy (non-hydrogen) atoms. The van der Waals surface area contributed by atoms with Gasteiger partial charge in [-0.15, -0.1) is 0 Å². The first-order chi connectivity index (χ1) is 13.2. The van der Waals surface area contributed by atoms with E-state index in [2.05, 4.69) is 26.2 Å². The van der Waals surface area contributed by atoms with Crippen molar-refractivity contribution in [2.24, 2.45) is 0 Å². The molecule has 7 heteroatoms. The number of hydrogen-bond donors (Lipinski definition) is 1. The van der Waals surface area contributed by atoms with E-state index in [0.717, 1.165) is 68.1 Å². The summed E-state index contributed by atoms with van der Waals surface area (Å²) in [6.07, 6.45) is 2.87. The molecule has 0 aliphatic carbocycles. The maximum Gasteiger partial charge on any atom is 0.170 e. The molecule has 0 saturated carbocycles. The minimum absolute atomic E-state index is 0.00682. The average Bonchev–Trinajstić information content (AvgIpc) is 3.27. The lowest BCUT2D eigenvalue weighted by Gasteiger charge is -2.29. The molecule has 2 fully saturated rings. The fourth-order valence-electron chi connectivity index (χ4n) is 3.86. The van der Waals surface area contributed by atoms with Crippen LogP contribution < -0.4 is 5.32 Å². The van der Waals surface area contributed by atoms with Crippen LogP contribution in [0.25, 0.3) is 0 Å². The van der Waals surface area contributed by atoms with Crippen LogP contribution in [0.5, 0.6) is 0 Å². The molecule has 4 heterocycles. The second-order valence-electron chi connectivity index (χ2n) is 7.08. The van der Waals surface area contributed by atoms with Gasteiger partial charge in [0.2, 0.25) is 0 Å². The van der Waals surface area contributed by atoms with Gasteiger partial charge in [0.1, 0.15) is 17.6 Å². The van der Waals surface area contributed by atoms with Crippen molar-refractivity contribution in [2.45, 2.75) is 25.4 Å². The summed E-state index contributed by atoms with van der Waals surface area (Å²) in [6.45, 7) is 7.61. The third-order valence-electron chi connectivity index (χ3n) is 5.23. The lowest BCUT2D eigenvalue weighted by atomic mass is 10.0. The number of nitrogens with one attached hydrogen (secondary N) is 1. The third-order valence-corrected chi connectivity index (χ3v) is 5.58. The molecule has 2 aromatic rings. The topological polar surface area (TPSA) is 53.8 Å². The van der Waals surface area contributed by atoms with Gasteiger partial charge in [0, 0.05) is 32.4 Å². The first-order valence-electron chi connectivity index (χ1n) is 9.57. The van der Waals surface area contributed by atoms with Crippen molar-refractivity contribution in [3.63, 3.8) is 0 Å². The molecule has 0 amide bonds. The highest BCUT2D eigenvalue weighted by Gasteiger charge is 2.41. The zero-order valence-corrected chi connectivity index (χ0v) is 16.5. The van der Waals surface area contributed by atoms with Crippen LogP contribution in [0.4, 0.5) is 0 Å². The van der Waals surface area contributed by atoms with Crippen LogP contribution in [0, 0.1) is 6.92 Å². The smallest absolute Gasteiger partial charge is 0.170 e. The van der Waals surface area contributed by atoms with Crippen molar-refractivity contribution >= 4 is 17.3 Å². The molecule has 1 N–H and O–H groups in total. The number of nitrogens with zero attached hydrogens (tertiary/aromatic N) is 3. The molecule has 2 saturated heterocycles. The largest absolute Gasteiger partial charge is 0.464 e. The lowest BCUT2D eigenvalue weighted by molar-refractivity contribution is 0.0365. The van der Waals surface area contributed by atoms with Crippen molar-refractivity contribution in [3.8, 4) is 0 Å². The first kappa shape index (κ1) is 18.4. The van der Waals surface area contributed by atoms with E-state index in [0.29, 0.717) is 0 Å². The Morgan fingerprint density at radius 2 is 2.04 bits per heavy atom. The summed E-state index contributed by atoms with van der Waals surface area (Å²) in [5.74, 6) is 1.85. The van der Waals surface area contributed by atoms with Crippen LogP contribution >= 0.6 is 12.2 Å². The van der Waals surface area contributed by atoms with Crippen LogP contribution in [-0.4, -0.2) is 59.3 Å². The van der Waals surface area contributed by atoms with E-state index in [4.69, 9.17) is 21.4 Å². The molecule has 144 valence electrons. The molecule has 2 aromatic heterocycles. The molecule has 2 aliphatic heterocycles. The number of rotatable bonds is 6. The summed E-state index contributed by atoms with van der Waals surface area (Å²) in [5, 5.41) is 4.24. The number of ether oxygens (including phenoxy) is 1. The zero-order valence-electron chi connectivity index (χ0n) is 15.6. The van der Waals surface area contributed by atoms with Gasteiger partial charge in [0.05, 0.1) is 24.9 Å². The molecule has 0 aromatic carbocycles. The maximum absolute atomic E-state index is 6.00. The van der Waals surface area contributed by atoms with Gasteiger partial charge in [0.15, 0.2) is 5.11 Å². The summed E-state index contributed by atoms with van der Waals surface area (Å²) in [6, 6.07) is 10.1. The number of pyridine rings is 1. The van der Waals surface area contributed by atoms with E-state index in [1.165, 1.54) is 0 Å². The minimum Gasteiger partial charge on any atom is -0.464 e. The predicted molar refractivity (Wildman–Crippen MR) is 107 cm³/mol. The summed E-state index contributed by atoms with van der Waals surface area (Å²) in [7, 11) is 0. The van der Waals surface area contributed by atoms with E-state index < -0.39 is 0 Å². The standard InChI is InChI=1S/C20H26N4O2S/c1-15-6-7-17(26-15)19-18(16-5-2-3-8-21-16)22-20(27)24(19)10-4-9-23-11-13-25-14-12-23/h2-3,5-8,18-19H,4,9-14H2,1H3,(H,22,27)/t18-,19+/m0/s1. The second-order valence-corrected chi connectivity index (χ2v) is 7.46. The number of furan rings is 1. The van der Waals surface area contributed by atoms with Gasteiger partial charge in [-0.25, -0.2) is 0 Å². The number of hydrogen-bond acceptors (Lipinski definition) is 5. The number of morpholine rings is 1. The van der Waals surface area contributed by atoms with Crippen LogP contribution in [0.15, 0.2) is 40.9 Å². The number of aromatic nitrogens is 1. The highest BCUT2D eigenvalue weighted by atomic mass is 32.1. The van der Waals surface area contributed by atoms with E-state index in [1.54, 1.807) is 0 Å². The highest BCUT2D eigenvalue weighted by Crippen LogP contribution is 2.39. The van der Waals surface area contributed by atoms with Crippen LogP contribution in [0.1, 0.15) is 35.7 Å². The van der Waals surface area contributed by atoms with Crippen LogP contribution in [-0.2, 0) is 4.74 Å². The fraction of sp³-hybridized carbons (Fsp3) is 0.500. The summed E-state index contributed by atoms with van der Waals surface area (Å²) >= 11 is 5.68. The van der Waals surface area contributed by atoms with Crippen molar-refractivity contribution in [2.75, 3.05) is 39.4 Å². The van der Waals surface area contributed by atoms with Gasteiger partial charge >= 0.3 is 0 Å². The Bertz CT molecular complexity index is 760. The summed E-state index contributed by atoms with van der Waals surface area (Å²) in [4.78, 5) is 9.27. The fourth-order valence-corrected chi connectivity index (χ4v) is 4.19. The van der Waals surface area contributed by atoms with Gasteiger partial charge in [-0.1, -0.05) is 6.07 Å². The predicted octanol–water partition coefficient (Wildman–Crippen LogP) is 2.68. The Morgan fingerprint density at radius 3 is 2.74 bits per heavy atom. The lowest BCUT2D eigenvalue weighted by Crippen LogP contribution is -2.38. The van der Waals surface area contributed by atoms with Crippen LogP contribution in [0.3, 0.4) is 0 Å².